The standard InChI is InChI=1S/C18H16O6/c1-22-16-8-6-15(7-9-16)18(21)24-11-10-23-17(20)14-4-2-13(12-19)3-5-14/h2-9,12H,10-11H2,1H3. The van der Waals surface area contributed by atoms with Crippen molar-refractivity contribution in [1.29, 1.82) is 0 Å². The number of benzene rings is 2. The van der Waals surface area contributed by atoms with Gasteiger partial charge < -0.3 is 14.2 Å². The highest BCUT2D eigenvalue weighted by molar-refractivity contribution is 5.90. The van der Waals surface area contributed by atoms with Gasteiger partial charge in [-0.15, -0.1) is 0 Å². The van der Waals surface area contributed by atoms with Crippen molar-refractivity contribution >= 4 is 18.2 Å². The van der Waals surface area contributed by atoms with Gasteiger partial charge in [0.15, 0.2) is 0 Å². The van der Waals surface area contributed by atoms with E-state index in [-0.39, 0.29) is 13.2 Å². The van der Waals surface area contributed by atoms with Crippen LogP contribution in [0.15, 0.2) is 48.5 Å². The normalized spacial score (nSPS) is 9.88. The maximum absolute atomic E-state index is 11.8. The maximum Gasteiger partial charge on any atom is 0.338 e. The van der Waals surface area contributed by atoms with Crippen LogP contribution in [-0.2, 0) is 9.47 Å². The molecule has 0 aliphatic rings. The monoisotopic (exact) mass is 328 g/mol. The fourth-order valence-corrected chi connectivity index (χ4v) is 1.86. The minimum Gasteiger partial charge on any atom is -0.497 e. The second-order valence-corrected chi connectivity index (χ2v) is 4.74. The molecule has 0 unspecified atom stereocenters. The molecule has 0 aromatic heterocycles. The number of aldehydes is 1. The van der Waals surface area contributed by atoms with Gasteiger partial charge in [0, 0.05) is 5.56 Å². The van der Waals surface area contributed by atoms with Crippen molar-refractivity contribution in [2.45, 2.75) is 0 Å². The van der Waals surface area contributed by atoms with Crippen LogP contribution in [0.2, 0.25) is 0 Å². The molecular formula is C18H16O6. The molecule has 0 N–H and O–H groups in total. The molecule has 6 heteroatoms. The zero-order chi connectivity index (χ0) is 17.4. The average Bonchev–Trinajstić information content (AvgIpc) is 2.65. The Morgan fingerprint density at radius 1 is 0.833 bits per heavy atom. The average molecular weight is 328 g/mol. The van der Waals surface area contributed by atoms with E-state index in [4.69, 9.17) is 14.2 Å². The summed E-state index contributed by atoms with van der Waals surface area (Å²) in [5.41, 5.74) is 1.17. The van der Waals surface area contributed by atoms with E-state index in [2.05, 4.69) is 0 Å². The van der Waals surface area contributed by atoms with Gasteiger partial charge in [-0.2, -0.15) is 0 Å². The Bertz CT molecular complexity index is 703. The Balaban J connectivity index is 1.75. The third kappa shape index (κ3) is 4.67. The molecule has 0 bridgehead atoms. The van der Waals surface area contributed by atoms with Crippen molar-refractivity contribution in [2.75, 3.05) is 20.3 Å². The predicted molar refractivity (Wildman–Crippen MR) is 85.4 cm³/mol. The van der Waals surface area contributed by atoms with E-state index in [9.17, 15) is 14.4 Å². The summed E-state index contributed by atoms with van der Waals surface area (Å²) in [6, 6.07) is 12.5. The van der Waals surface area contributed by atoms with Gasteiger partial charge in [-0.05, 0) is 36.4 Å². The number of methoxy groups -OCH3 is 1. The molecule has 2 rings (SSSR count). The Morgan fingerprint density at radius 3 is 1.71 bits per heavy atom. The number of ether oxygens (including phenoxy) is 3. The molecule has 0 heterocycles. The van der Waals surface area contributed by atoms with Crippen LogP contribution in [0, 0.1) is 0 Å². The van der Waals surface area contributed by atoms with E-state index < -0.39 is 11.9 Å². The van der Waals surface area contributed by atoms with E-state index in [1.54, 1.807) is 24.3 Å². The third-order valence-corrected chi connectivity index (χ3v) is 3.16. The molecule has 0 saturated carbocycles. The van der Waals surface area contributed by atoms with Crippen LogP contribution in [0.1, 0.15) is 31.1 Å². The zero-order valence-electron chi connectivity index (χ0n) is 13.1. The van der Waals surface area contributed by atoms with E-state index in [0.29, 0.717) is 28.7 Å². The fourth-order valence-electron chi connectivity index (χ4n) is 1.86. The molecular weight excluding hydrogens is 312 g/mol. The first kappa shape index (κ1) is 17.2. The van der Waals surface area contributed by atoms with E-state index in [0.717, 1.165) is 0 Å². The van der Waals surface area contributed by atoms with Crippen LogP contribution >= 0.6 is 0 Å². The van der Waals surface area contributed by atoms with Gasteiger partial charge in [-0.3, -0.25) is 4.79 Å². The summed E-state index contributed by atoms with van der Waals surface area (Å²) in [5.74, 6) is -0.418. The number of carbonyl (C=O) groups excluding carboxylic acids is 3. The van der Waals surface area contributed by atoms with Gasteiger partial charge in [0.2, 0.25) is 0 Å². The van der Waals surface area contributed by atoms with Crippen molar-refractivity contribution in [3.63, 3.8) is 0 Å². The van der Waals surface area contributed by atoms with Crippen molar-refractivity contribution in [3.8, 4) is 5.75 Å². The van der Waals surface area contributed by atoms with Crippen LogP contribution in [0.5, 0.6) is 5.75 Å². The summed E-state index contributed by atoms with van der Waals surface area (Å²) in [4.78, 5) is 34.1. The summed E-state index contributed by atoms with van der Waals surface area (Å²) < 4.78 is 15.0. The Morgan fingerprint density at radius 2 is 1.29 bits per heavy atom. The first-order chi connectivity index (χ1) is 11.6. The predicted octanol–water partition coefficient (Wildman–Crippen LogP) is 2.52. The highest BCUT2D eigenvalue weighted by atomic mass is 16.6. The van der Waals surface area contributed by atoms with Gasteiger partial charge in [0.1, 0.15) is 25.2 Å². The topological polar surface area (TPSA) is 78.9 Å². The van der Waals surface area contributed by atoms with Gasteiger partial charge in [-0.25, -0.2) is 9.59 Å². The van der Waals surface area contributed by atoms with Gasteiger partial charge in [0.25, 0.3) is 0 Å². The van der Waals surface area contributed by atoms with E-state index in [1.165, 1.54) is 31.4 Å². The highest BCUT2D eigenvalue weighted by Crippen LogP contribution is 2.12. The molecule has 0 atom stereocenters. The SMILES string of the molecule is COc1ccc(C(=O)OCCOC(=O)c2ccc(C=O)cc2)cc1. The van der Waals surface area contributed by atoms with Crippen molar-refractivity contribution in [3.05, 3.63) is 65.2 Å². The lowest BCUT2D eigenvalue weighted by Crippen LogP contribution is -2.14. The van der Waals surface area contributed by atoms with Gasteiger partial charge in [-0.1, -0.05) is 12.1 Å². The molecule has 0 radical (unpaired) electrons. The smallest absolute Gasteiger partial charge is 0.338 e. The van der Waals surface area contributed by atoms with Crippen LogP contribution in [0.3, 0.4) is 0 Å². The summed E-state index contributed by atoms with van der Waals surface area (Å²) in [5, 5.41) is 0. The van der Waals surface area contributed by atoms with Gasteiger partial charge in [0.05, 0.1) is 18.2 Å². The van der Waals surface area contributed by atoms with Crippen LogP contribution in [0.25, 0.3) is 0 Å². The quantitative estimate of drug-likeness (QED) is 0.441. The molecule has 0 spiro atoms. The summed E-state index contributed by atoms with van der Waals surface area (Å²) in [6.45, 7) is -0.112. The lowest BCUT2D eigenvalue weighted by atomic mass is 10.1. The lowest BCUT2D eigenvalue weighted by Gasteiger charge is -2.07. The zero-order valence-corrected chi connectivity index (χ0v) is 13.1. The number of esters is 2. The first-order valence-electron chi connectivity index (χ1n) is 7.17. The van der Waals surface area contributed by atoms with E-state index in [1.807, 2.05) is 0 Å². The highest BCUT2D eigenvalue weighted by Gasteiger charge is 2.09. The minimum atomic E-state index is -0.548. The molecule has 0 aliphatic heterocycles. The molecule has 124 valence electrons. The molecule has 0 amide bonds. The second kappa shape index (κ2) is 8.47. The maximum atomic E-state index is 11.8. The summed E-state index contributed by atoms with van der Waals surface area (Å²) in [6.07, 6.45) is 0.688. The molecule has 0 saturated heterocycles. The minimum absolute atomic E-state index is 0.0526. The second-order valence-electron chi connectivity index (χ2n) is 4.74. The number of rotatable bonds is 7. The molecule has 0 aliphatic carbocycles. The summed E-state index contributed by atoms with van der Waals surface area (Å²) in [7, 11) is 1.54. The number of carbonyl (C=O) groups is 3. The Labute approximate surface area is 139 Å². The molecule has 24 heavy (non-hydrogen) atoms. The van der Waals surface area contributed by atoms with Crippen molar-refractivity contribution in [2.24, 2.45) is 0 Å². The van der Waals surface area contributed by atoms with E-state index >= 15 is 0 Å². The number of hydrogen-bond acceptors (Lipinski definition) is 6. The molecule has 0 fully saturated rings. The lowest BCUT2D eigenvalue weighted by molar-refractivity contribution is 0.0265. The first-order valence-corrected chi connectivity index (χ1v) is 7.17. The third-order valence-electron chi connectivity index (χ3n) is 3.16. The molecule has 2 aromatic carbocycles. The Kier molecular flexibility index (Phi) is 6.08. The molecule has 2 aromatic rings. The van der Waals surface area contributed by atoms with Crippen molar-refractivity contribution < 1.29 is 28.6 Å². The fraction of sp³-hybridized carbons (Fsp3) is 0.167. The van der Waals surface area contributed by atoms with Crippen LogP contribution in [0.4, 0.5) is 0 Å². The molecule has 6 nitrogen and oxygen atoms in total. The van der Waals surface area contributed by atoms with Crippen LogP contribution in [-0.4, -0.2) is 38.5 Å². The summed E-state index contributed by atoms with van der Waals surface area (Å²) >= 11 is 0. The Hall–Kier alpha value is -3.15. The van der Waals surface area contributed by atoms with Crippen LogP contribution < -0.4 is 4.74 Å². The number of hydrogen-bond donors (Lipinski definition) is 0. The van der Waals surface area contributed by atoms with Gasteiger partial charge >= 0.3 is 11.9 Å². The van der Waals surface area contributed by atoms with Crippen molar-refractivity contribution in [1.82, 2.24) is 0 Å². The largest absolute Gasteiger partial charge is 0.497 e.